The zero-order chi connectivity index (χ0) is 21.0. The minimum atomic E-state index is -3.82. The van der Waals surface area contributed by atoms with Crippen LogP contribution in [0.15, 0.2) is 41.3 Å². The van der Waals surface area contributed by atoms with E-state index >= 15 is 0 Å². The molecule has 1 heterocycles. The lowest BCUT2D eigenvalue weighted by Crippen LogP contribution is -2.35. The highest BCUT2D eigenvalue weighted by atomic mass is 32.2. The van der Waals surface area contributed by atoms with Crippen molar-refractivity contribution < 1.29 is 26.7 Å². The molecule has 3 rings (SSSR count). The van der Waals surface area contributed by atoms with Gasteiger partial charge in [-0.3, -0.25) is 4.79 Å². The van der Waals surface area contributed by atoms with E-state index in [0.29, 0.717) is 19.2 Å². The molecule has 1 N–H and O–H groups in total. The van der Waals surface area contributed by atoms with Crippen molar-refractivity contribution in [2.75, 3.05) is 25.0 Å². The first kappa shape index (κ1) is 21.2. The van der Waals surface area contributed by atoms with E-state index in [-0.39, 0.29) is 28.5 Å². The first-order valence-corrected chi connectivity index (χ1v) is 10.8. The second kappa shape index (κ2) is 8.87. The van der Waals surface area contributed by atoms with E-state index in [2.05, 4.69) is 5.32 Å². The Labute approximate surface area is 168 Å². The number of hydrogen-bond donors (Lipinski definition) is 1. The van der Waals surface area contributed by atoms with E-state index in [9.17, 15) is 22.0 Å². The molecule has 1 saturated heterocycles. The number of carbonyl (C=O) groups excluding carboxylic acids is 1. The first-order chi connectivity index (χ1) is 13.8. The molecule has 1 aliphatic heterocycles. The Morgan fingerprint density at radius 2 is 1.83 bits per heavy atom. The van der Waals surface area contributed by atoms with Crippen LogP contribution in [-0.2, 0) is 10.0 Å². The van der Waals surface area contributed by atoms with E-state index in [1.807, 2.05) is 0 Å². The van der Waals surface area contributed by atoms with Gasteiger partial charge in [-0.05, 0) is 50.1 Å². The second-order valence-electron chi connectivity index (χ2n) is 6.64. The van der Waals surface area contributed by atoms with Crippen LogP contribution in [-0.4, -0.2) is 38.3 Å². The molecule has 0 radical (unpaired) electrons. The zero-order valence-electron chi connectivity index (χ0n) is 16.0. The van der Waals surface area contributed by atoms with Crippen molar-refractivity contribution in [3.05, 3.63) is 53.6 Å². The van der Waals surface area contributed by atoms with Gasteiger partial charge in [0.15, 0.2) is 0 Å². The van der Waals surface area contributed by atoms with Crippen LogP contribution in [0, 0.1) is 11.6 Å². The number of nitrogens with zero attached hydrogens (tertiary/aromatic N) is 1. The van der Waals surface area contributed by atoms with E-state index in [0.717, 1.165) is 31.4 Å². The zero-order valence-corrected chi connectivity index (χ0v) is 16.8. The Morgan fingerprint density at radius 1 is 1.10 bits per heavy atom. The number of benzene rings is 2. The minimum absolute atomic E-state index is 0.0568. The number of ether oxygens (including phenoxy) is 1. The molecule has 0 bridgehead atoms. The summed E-state index contributed by atoms with van der Waals surface area (Å²) in [5.41, 5.74) is -0.182. The lowest BCUT2D eigenvalue weighted by molar-refractivity contribution is 0.102. The molecule has 0 spiro atoms. The van der Waals surface area contributed by atoms with Gasteiger partial charge in [0.25, 0.3) is 5.91 Å². The molecule has 2 aromatic carbocycles. The molecule has 2 aromatic rings. The molecule has 9 heteroatoms. The van der Waals surface area contributed by atoms with Crippen molar-refractivity contribution >= 4 is 21.6 Å². The number of hydrogen-bond acceptors (Lipinski definition) is 4. The van der Waals surface area contributed by atoms with Crippen LogP contribution in [0.2, 0.25) is 0 Å². The normalized spacial score (nSPS) is 15.1. The van der Waals surface area contributed by atoms with Crippen molar-refractivity contribution in [2.45, 2.75) is 31.1 Å². The van der Waals surface area contributed by atoms with Gasteiger partial charge in [0.05, 0.1) is 12.2 Å². The van der Waals surface area contributed by atoms with Crippen LogP contribution < -0.4 is 10.1 Å². The third kappa shape index (κ3) is 4.73. The molecular weight excluding hydrogens is 402 g/mol. The van der Waals surface area contributed by atoms with Crippen molar-refractivity contribution in [2.24, 2.45) is 0 Å². The summed E-state index contributed by atoms with van der Waals surface area (Å²) in [4.78, 5) is 12.3. The van der Waals surface area contributed by atoms with Crippen LogP contribution in [0.3, 0.4) is 0 Å². The fraction of sp³-hybridized carbons (Fsp3) is 0.350. The van der Waals surface area contributed by atoms with Gasteiger partial charge >= 0.3 is 0 Å². The largest absolute Gasteiger partial charge is 0.492 e. The number of rotatable bonds is 6. The van der Waals surface area contributed by atoms with Gasteiger partial charge in [0.1, 0.15) is 22.3 Å². The maximum atomic E-state index is 13.9. The van der Waals surface area contributed by atoms with E-state index in [1.54, 1.807) is 6.92 Å². The Balaban J connectivity index is 1.93. The average Bonchev–Trinajstić information content (AvgIpc) is 2.69. The maximum Gasteiger partial charge on any atom is 0.258 e. The molecule has 1 fully saturated rings. The summed E-state index contributed by atoms with van der Waals surface area (Å²) < 4.78 is 60.0. The van der Waals surface area contributed by atoms with Crippen LogP contribution in [0.4, 0.5) is 14.5 Å². The van der Waals surface area contributed by atoms with Crippen LogP contribution in [0.1, 0.15) is 36.5 Å². The molecule has 1 aliphatic rings. The molecule has 0 saturated carbocycles. The van der Waals surface area contributed by atoms with Crippen molar-refractivity contribution in [3.63, 3.8) is 0 Å². The summed E-state index contributed by atoms with van der Waals surface area (Å²) in [6.45, 7) is 2.86. The van der Waals surface area contributed by atoms with Gasteiger partial charge in [-0.1, -0.05) is 6.42 Å². The number of amides is 1. The Bertz CT molecular complexity index is 1010. The molecule has 0 aliphatic carbocycles. The lowest BCUT2D eigenvalue weighted by Gasteiger charge is -2.27. The van der Waals surface area contributed by atoms with E-state index in [4.69, 9.17) is 4.74 Å². The number of sulfonamides is 1. The maximum absolute atomic E-state index is 13.9. The number of anilines is 1. The monoisotopic (exact) mass is 424 g/mol. The minimum Gasteiger partial charge on any atom is -0.492 e. The highest BCUT2D eigenvalue weighted by Crippen LogP contribution is 2.31. The van der Waals surface area contributed by atoms with Crippen molar-refractivity contribution in [1.82, 2.24) is 4.31 Å². The number of piperidine rings is 1. The number of halogens is 2. The molecule has 0 atom stereocenters. The van der Waals surface area contributed by atoms with Crippen molar-refractivity contribution in [1.29, 1.82) is 0 Å². The van der Waals surface area contributed by atoms with Gasteiger partial charge < -0.3 is 10.1 Å². The summed E-state index contributed by atoms with van der Waals surface area (Å²) in [6.07, 6.45) is 2.54. The third-order valence-corrected chi connectivity index (χ3v) is 6.53. The standard InChI is InChI=1S/C20H22F2N2O4S/c1-2-28-18-9-7-15(23-20(25)16-8-6-14(21)12-17(16)22)13-19(18)29(26,27)24-10-4-3-5-11-24/h6-9,12-13H,2-5,10-11H2,1H3,(H,23,25). The topological polar surface area (TPSA) is 75.7 Å². The molecule has 1 amide bonds. The van der Waals surface area contributed by atoms with Gasteiger partial charge in [0, 0.05) is 24.8 Å². The van der Waals surface area contributed by atoms with Gasteiger partial charge in [-0.15, -0.1) is 0 Å². The summed E-state index contributed by atoms with van der Waals surface area (Å²) in [5, 5.41) is 2.46. The molecule has 0 aromatic heterocycles. The Hall–Kier alpha value is -2.52. The molecule has 6 nitrogen and oxygen atoms in total. The van der Waals surface area contributed by atoms with Crippen molar-refractivity contribution in [3.8, 4) is 5.75 Å². The summed E-state index contributed by atoms with van der Waals surface area (Å²) >= 11 is 0. The highest BCUT2D eigenvalue weighted by Gasteiger charge is 2.29. The molecule has 0 unspecified atom stereocenters. The van der Waals surface area contributed by atoms with Gasteiger partial charge in [-0.25, -0.2) is 17.2 Å². The number of nitrogens with one attached hydrogen (secondary N) is 1. The second-order valence-corrected chi connectivity index (χ2v) is 8.54. The van der Waals surface area contributed by atoms with Crippen LogP contribution in [0.25, 0.3) is 0 Å². The molecule has 29 heavy (non-hydrogen) atoms. The van der Waals surface area contributed by atoms with Gasteiger partial charge in [-0.2, -0.15) is 4.31 Å². The quantitative estimate of drug-likeness (QED) is 0.766. The fourth-order valence-electron chi connectivity index (χ4n) is 3.18. The third-order valence-electron chi connectivity index (χ3n) is 4.61. The summed E-state index contributed by atoms with van der Waals surface area (Å²) in [7, 11) is -3.82. The average molecular weight is 424 g/mol. The highest BCUT2D eigenvalue weighted by molar-refractivity contribution is 7.89. The molecular formula is C20H22F2N2O4S. The SMILES string of the molecule is CCOc1ccc(NC(=O)c2ccc(F)cc2F)cc1S(=O)(=O)N1CCCCC1. The fourth-order valence-corrected chi connectivity index (χ4v) is 4.85. The van der Waals surface area contributed by atoms with Crippen LogP contribution in [0.5, 0.6) is 5.75 Å². The lowest BCUT2D eigenvalue weighted by atomic mass is 10.2. The Morgan fingerprint density at radius 3 is 2.48 bits per heavy atom. The van der Waals surface area contributed by atoms with Crippen LogP contribution >= 0.6 is 0 Å². The van der Waals surface area contributed by atoms with E-state index in [1.165, 1.54) is 22.5 Å². The molecule has 156 valence electrons. The van der Waals surface area contributed by atoms with E-state index < -0.39 is 27.6 Å². The van der Waals surface area contributed by atoms with Gasteiger partial charge in [0.2, 0.25) is 10.0 Å². The predicted octanol–water partition coefficient (Wildman–Crippen LogP) is 3.79. The number of carbonyl (C=O) groups is 1. The Kier molecular flexibility index (Phi) is 6.49. The summed E-state index contributed by atoms with van der Waals surface area (Å²) in [5.74, 6) is -2.43. The first-order valence-electron chi connectivity index (χ1n) is 9.36. The summed E-state index contributed by atoms with van der Waals surface area (Å²) in [6, 6.07) is 6.84. The smallest absolute Gasteiger partial charge is 0.258 e. The predicted molar refractivity (Wildman–Crippen MR) is 105 cm³/mol.